The van der Waals surface area contributed by atoms with Crippen LogP contribution in [0.4, 0.5) is 5.69 Å². The van der Waals surface area contributed by atoms with E-state index in [1.807, 2.05) is 24.3 Å². The fraction of sp³-hybridized carbons (Fsp3) is 0.375. The summed E-state index contributed by atoms with van der Waals surface area (Å²) in [6.45, 7) is 9.11. The van der Waals surface area contributed by atoms with E-state index in [9.17, 15) is 9.59 Å². The van der Waals surface area contributed by atoms with Crippen molar-refractivity contribution in [3.63, 3.8) is 0 Å². The Hall–Kier alpha value is -2.10. The predicted octanol–water partition coefficient (Wildman–Crippen LogP) is 3.34. The molecule has 0 saturated heterocycles. The van der Waals surface area contributed by atoms with Gasteiger partial charge in [-0.25, -0.2) is 4.79 Å². The van der Waals surface area contributed by atoms with Crippen LogP contribution in [0.25, 0.3) is 0 Å². The zero-order chi connectivity index (χ0) is 15.5. The number of carboxylic acids is 1. The summed E-state index contributed by atoms with van der Waals surface area (Å²) in [5.41, 5.74) is 1.87. The molecule has 20 heavy (non-hydrogen) atoms. The number of para-hydroxylation sites is 1. The summed E-state index contributed by atoms with van der Waals surface area (Å²) in [5, 5.41) is 11.7. The Morgan fingerprint density at radius 2 is 1.60 bits per heavy atom. The fourth-order valence-corrected chi connectivity index (χ4v) is 1.79. The number of amides is 1. The normalized spacial score (nSPS) is 12.7. The van der Waals surface area contributed by atoms with E-state index in [1.165, 1.54) is 13.8 Å². The van der Waals surface area contributed by atoms with E-state index in [4.69, 9.17) is 5.11 Å². The lowest BCUT2D eigenvalue weighted by molar-refractivity contribution is -0.133. The van der Waals surface area contributed by atoms with Gasteiger partial charge in [0, 0.05) is 16.8 Å². The lowest BCUT2D eigenvalue weighted by Gasteiger charge is -2.23. The first-order valence-corrected chi connectivity index (χ1v) is 6.46. The van der Waals surface area contributed by atoms with E-state index in [0.29, 0.717) is 5.69 Å². The maximum Gasteiger partial charge on any atom is 0.331 e. The molecule has 0 aliphatic rings. The van der Waals surface area contributed by atoms with Gasteiger partial charge in [0.1, 0.15) is 0 Å². The summed E-state index contributed by atoms with van der Waals surface area (Å²) in [7, 11) is 0. The summed E-state index contributed by atoms with van der Waals surface area (Å²) < 4.78 is 0. The molecule has 0 fully saturated rings. The predicted molar refractivity (Wildman–Crippen MR) is 79.8 cm³/mol. The lowest BCUT2D eigenvalue weighted by atomic mass is 9.86. The Morgan fingerprint density at radius 1 is 1.05 bits per heavy atom. The molecule has 0 atom stereocenters. The molecule has 0 aliphatic carbocycles. The van der Waals surface area contributed by atoms with Crippen LogP contribution < -0.4 is 5.32 Å². The number of hydrogen-bond donors (Lipinski definition) is 2. The molecule has 1 aromatic rings. The zero-order valence-corrected chi connectivity index (χ0v) is 12.6. The molecular formula is C16H21NO3. The van der Waals surface area contributed by atoms with E-state index < -0.39 is 5.97 Å². The van der Waals surface area contributed by atoms with Crippen LogP contribution in [0.2, 0.25) is 0 Å². The average Bonchev–Trinajstić information content (AvgIpc) is 2.36. The summed E-state index contributed by atoms with van der Waals surface area (Å²) in [6, 6.07) is 7.54. The van der Waals surface area contributed by atoms with E-state index in [-0.39, 0.29) is 22.5 Å². The number of hydrogen-bond acceptors (Lipinski definition) is 2. The molecule has 1 rings (SSSR count). The van der Waals surface area contributed by atoms with Gasteiger partial charge in [-0.05, 0) is 30.9 Å². The molecule has 2 N–H and O–H groups in total. The van der Waals surface area contributed by atoms with E-state index in [1.54, 1.807) is 0 Å². The SMILES string of the molecule is C/C(C(=O)O)=C(\C)C(=O)Nc1ccccc1C(C)(C)C. The lowest BCUT2D eigenvalue weighted by Crippen LogP contribution is -2.20. The third kappa shape index (κ3) is 3.70. The smallest absolute Gasteiger partial charge is 0.331 e. The standard InChI is InChI=1S/C16H21NO3/c1-10(11(2)15(19)20)14(18)17-13-9-7-6-8-12(13)16(3,4)5/h6-9H,1-5H3,(H,17,18)(H,19,20)/b11-10-. The van der Waals surface area contributed by atoms with E-state index in [0.717, 1.165) is 5.56 Å². The van der Waals surface area contributed by atoms with Crippen molar-refractivity contribution < 1.29 is 14.7 Å². The fourth-order valence-electron chi connectivity index (χ4n) is 1.79. The van der Waals surface area contributed by atoms with Gasteiger partial charge >= 0.3 is 5.97 Å². The number of anilines is 1. The molecule has 1 aromatic carbocycles. The van der Waals surface area contributed by atoms with Gasteiger partial charge in [0.15, 0.2) is 0 Å². The number of aliphatic carboxylic acids is 1. The van der Waals surface area contributed by atoms with Crippen molar-refractivity contribution in [2.45, 2.75) is 40.0 Å². The Kier molecular flexibility index (Phi) is 4.71. The molecule has 4 nitrogen and oxygen atoms in total. The van der Waals surface area contributed by atoms with Gasteiger partial charge in [0.25, 0.3) is 5.91 Å². The van der Waals surface area contributed by atoms with Crippen LogP contribution >= 0.6 is 0 Å². The van der Waals surface area contributed by atoms with Gasteiger partial charge in [0.05, 0.1) is 0 Å². The molecule has 0 bridgehead atoms. The first kappa shape index (κ1) is 16.0. The van der Waals surface area contributed by atoms with Crippen LogP contribution in [0.5, 0.6) is 0 Å². The minimum atomic E-state index is -1.08. The maximum atomic E-state index is 12.1. The van der Waals surface area contributed by atoms with E-state index >= 15 is 0 Å². The molecule has 0 aromatic heterocycles. The van der Waals surface area contributed by atoms with Gasteiger partial charge < -0.3 is 10.4 Å². The molecular weight excluding hydrogens is 254 g/mol. The quantitative estimate of drug-likeness (QED) is 0.831. The second-order valence-electron chi connectivity index (χ2n) is 5.80. The number of carbonyl (C=O) groups excluding carboxylic acids is 1. The third-order valence-electron chi connectivity index (χ3n) is 3.21. The molecule has 0 radical (unpaired) electrons. The number of carboxylic acid groups (broad SMARTS) is 1. The molecule has 4 heteroatoms. The van der Waals surface area contributed by atoms with Crippen molar-refractivity contribution >= 4 is 17.6 Å². The highest BCUT2D eigenvalue weighted by Gasteiger charge is 2.20. The van der Waals surface area contributed by atoms with Crippen molar-refractivity contribution in [3.8, 4) is 0 Å². The van der Waals surface area contributed by atoms with Crippen LogP contribution in [0.3, 0.4) is 0 Å². The molecule has 1 amide bonds. The first-order valence-electron chi connectivity index (χ1n) is 6.46. The van der Waals surface area contributed by atoms with Crippen molar-refractivity contribution in [2.75, 3.05) is 5.32 Å². The third-order valence-corrected chi connectivity index (χ3v) is 3.21. The molecule has 0 unspecified atom stereocenters. The second kappa shape index (κ2) is 5.90. The van der Waals surface area contributed by atoms with Crippen LogP contribution in [-0.2, 0) is 15.0 Å². The highest BCUT2D eigenvalue weighted by atomic mass is 16.4. The maximum absolute atomic E-state index is 12.1. The van der Waals surface area contributed by atoms with Crippen molar-refractivity contribution in [1.29, 1.82) is 0 Å². The summed E-state index contributed by atoms with van der Waals surface area (Å²) in [6.07, 6.45) is 0. The van der Waals surface area contributed by atoms with Gasteiger partial charge in [-0.3, -0.25) is 4.79 Å². The Balaban J connectivity index is 3.10. The van der Waals surface area contributed by atoms with Gasteiger partial charge in [0.2, 0.25) is 0 Å². The van der Waals surface area contributed by atoms with Gasteiger partial charge in [-0.15, -0.1) is 0 Å². The Labute approximate surface area is 119 Å². The Morgan fingerprint density at radius 3 is 2.10 bits per heavy atom. The Bertz CT molecular complexity index is 565. The minimum absolute atomic E-state index is 0.0516. The van der Waals surface area contributed by atoms with E-state index in [2.05, 4.69) is 26.1 Å². The summed E-state index contributed by atoms with van der Waals surface area (Å²) in [5.74, 6) is -1.47. The monoisotopic (exact) mass is 275 g/mol. The molecule has 0 spiro atoms. The second-order valence-corrected chi connectivity index (χ2v) is 5.80. The number of benzene rings is 1. The number of carbonyl (C=O) groups is 2. The van der Waals surface area contributed by atoms with Crippen molar-refractivity contribution in [1.82, 2.24) is 0 Å². The van der Waals surface area contributed by atoms with Crippen LogP contribution in [-0.4, -0.2) is 17.0 Å². The molecule has 0 heterocycles. The first-order chi connectivity index (χ1) is 9.14. The van der Waals surface area contributed by atoms with Crippen molar-refractivity contribution in [3.05, 3.63) is 41.0 Å². The van der Waals surface area contributed by atoms with Crippen molar-refractivity contribution in [2.24, 2.45) is 0 Å². The number of rotatable bonds is 3. The molecule has 0 aliphatic heterocycles. The van der Waals surface area contributed by atoms with Crippen LogP contribution in [0.15, 0.2) is 35.4 Å². The van der Waals surface area contributed by atoms with Gasteiger partial charge in [-0.2, -0.15) is 0 Å². The van der Waals surface area contributed by atoms with Crippen LogP contribution in [0.1, 0.15) is 40.2 Å². The summed E-state index contributed by atoms with van der Waals surface area (Å²) >= 11 is 0. The minimum Gasteiger partial charge on any atom is -0.478 e. The highest BCUT2D eigenvalue weighted by Crippen LogP contribution is 2.29. The van der Waals surface area contributed by atoms with Gasteiger partial charge in [-0.1, -0.05) is 39.0 Å². The summed E-state index contributed by atoms with van der Waals surface area (Å²) in [4.78, 5) is 23.0. The number of nitrogens with one attached hydrogen (secondary N) is 1. The average molecular weight is 275 g/mol. The highest BCUT2D eigenvalue weighted by molar-refractivity contribution is 6.08. The van der Waals surface area contributed by atoms with Crippen LogP contribution in [0, 0.1) is 0 Å². The molecule has 0 saturated carbocycles. The largest absolute Gasteiger partial charge is 0.478 e. The zero-order valence-electron chi connectivity index (χ0n) is 12.6. The topological polar surface area (TPSA) is 66.4 Å². The molecule has 108 valence electrons.